The van der Waals surface area contributed by atoms with Gasteiger partial charge in [0.2, 0.25) is 5.82 Å². The van der Waals surface area contributed by atoms with E-state index in [9.17, 15) is 9.59 Å². The van der Waals surface area contributed by atoms with Gasteiger partial charge in [-0.05, 0) is 30.3 Å². The Morgan fingerprint density at radius 3 is 2.12 bits per heavy atom. The number of carboxylic acid groups (broad SMARTS) is 1. The summed E-state index contributed by atoms with van der Waals surface area (Å²) >= 11 is 0. The van der Waals surface area contributed by atoms with Crippen molar-refractivity contribution in [3.63, 3.8) is 0 Å². The number of carbonyl (C=O) groups excluding carboxylic acids is 1. The summed E-state index contributed by atoms with van der Waals surface area (Å²) in [6.45, 7) is 5.43. The number of ether oxygens (including phenoxy) is 4. The highest BCUT2D eigenvalue weighted by Crippen LogP contribution is 2.57. The monoisotopic (exact) mass is 540 g/mol. The van der Waals surface area contributed by atoms with Gasteiger partial charge in [-0.3, -0.25) is 0 Å². The Hall–Kier alpha value is -5.06. The molecule has 11 nitrogen and oxygen atoms in total. The Kier molecular flexibility index (Phi) is 5.86. The highest BCUT2D eigenvalue weighted by molar-refractivity contribution is 5.97. The molecule has 1 spiro atoms. The van der Waals surface area contributed by atoms with E-state index in [4.69, 9.17) is 24.1 Å². The summed E-state index contributed by atoms with van der Waals surface area (Å²) in [5.74, 6) is 0.766. The fourth-order valence-corrected chi connectivity index (χ4v) is 4.72. The average molecular weight is 541 g/mol. The number of hydrogen-bond acceptors (Lipinski definition) is 10. The third-order valence-corrected chi connectivity index (χ3v) is 6.58. The van der Waals surface area contributed by atoms with Crippen molar-refractivity contribution in [3.8, 4) is 23.0 Å². The predicted octanol–water partition coefficient (Wildman–Crippen LogP) is 4.17. The summed E-state index contributed by atoms with van der Waals surface area (Å²) in [6, 6.07) is 17.3. The van der Waals surface area contributed by atoms with E-state index in [0.29, 0.717) is 56.9 Å². The molecule has 3 heterocycles. The van der Waals surface area contributed by atoms with Crippen LogP contribution in [0.3, 0.4) is 0 Å². The van der Waals surface area contributed by atoms with Gasteiger partial charge in [0.25, 0.3) is 0 Å². The molecular formula is C29H24N4O7. The van der Waals surface area contributed by atoms with Crippen LogP contribution in [0.5, 0.6) is 23.0 Å². The fourth-order valence-electron chi connectivity index (χ4n) is 4.72. The molecule has 40 heavy (non-hydrogen) atoms. The normalized spacial score (nSPS) is 16.8. The van der Waals surface area contributed by atoms with Crippen LogP contribution in [0, 0.1) is 0 Å². The molecule has 0 radical (unpaired) electrons. The van der Waals surface area contributed by atoms with Crippen LogP contribution in [-0.4, -0.2) is 44.0 Å². The van der Waals surface area contributed by atoms with Crippen molar-refractivity contribution in [2.75, 3.05) is 6.61 Å². The lowest BCUT2D eigenvalue weighted by atomic mass is 9.77. The Morgan fingerprint density at radius 1 is 0.875 bits per heavy atom. The molecule has 1 unspecified atom stereocenters. The largest absolute Gasteiger partial charge is 0.485 e. The van der Waals surface area contributed by atoms with Gasteiger partial charge in [0.15, 0.2) is 24.6 Å². The highest BCUT2D eigenvalue weighted by atomic mass is 16.6. The van der Waals surface area contributed by atoms with Crippen molar-refractivity contribution >= 4 is 11.9 Å². The van der Waals surface area contributed by atoms with Crippen LogP contribution >= 0.6 is 0 Å². The van der Waals surface area contributed by atoms with E-state index in [1.54, 1.807) is 48.5 Å². The molecular weight excluding hydrogens is 516 g/mol. The van der Waals surface area contributed by atoms with Crippen LogP contribution in [0.4, 0.5) is 0 Å². The minimum Gasteiger partial charge on any atom is -0.485 e. The maximum Gasteiger partial charge on any atom is 0.341 e. The van der Waals surface area contributed by atoms with E-state index >= 15 is 0 Å². The lowest BCUT2D eigenvalue weighted by molar-refractivity contribution is -0.139. The Labute approximate surface area is 228 Å². The number of aromatic nitrogens is 4. The molecule has 0 aliphatic carbocycles. The molecule has 0 saturated carbocycles. The lowest BCUT2D eigenvalue weighted by Gasteiger charge is -2.36. The minimum absolute atomic E-state index is 0.0237. The summed E-state index contributed by atoms with van der Waals surface area (Å²) < 4.78 is 23.7. The zero-order valence-corrected chi connectivity index (χ0v) is 21.9. The number of nitrogens with zero attached hydrogens (tertiary/aromatic N) is 4. The van der Waals surface area contributed by atoms with Gasteiger partial charge in [-0.2, -0.15) is 0 Å². The summed E-state index contributed by atoms with van der Waals surface area (Å²) in [7, 11) is 0. The first-order valence-electron chi connectivity index (χ1n) is 12.5. The first-order chi connectivity index (χ1) is 19.1. The summed E-state index contributed by atoms with van der Waals surface area (Å²) in [4.78, 5) is 24.0. The number of esters is 1. The van der Waals surface area contributed by atoms with Gasteiger partial charge in [0.05, 0.1) is 5.56 Å². The average Bonchev–Trinajstić information content (AvgIpc) is 3.23. The van der Waals surface area contributed by atoms with E-state index in [0.717, 1.165) is 0 Å². The van der Waals surface area contributed by atoms with Crippen molar-refractivity contribution in [2.24, 2.45) is 0 Å². The van der Waals surface area contributed by atoms with Crippen molar-refractivity contribution < 1.29 is 33.6 Å². The maximum absolute atomic E-state index is 13.0. The van der Waals surface area contributed by atoms with Crippen LogP contribution < -0.4 is 14.2 Å². The zero-order chi connectivity index (χ0) is 28.1. The predicted molar refractivity (Wildman–Crippen MR) is 138 cm³/mol. The summed E-state index contributed by atoms with van der Waals surface area (Å²) in [5.41, 5.74) is 0.757. The van der Waals surface area contributed by atoms with E-state index in [1.807, 2.05) is 32.9 Å². The quantitative estimate of drug-likeness (QED) is 0.352. The molecule has 1 atom stereocenters. The standard InChI is InChI=1S/C29H24N4O7/c1-28(2,3)27-32-30-24(31-33-27)14-37-16-8-10-20-22(12-16)39-23-13-17(38-15-25(34)35)9-11-21(23)29(20)19-7-5-4-6-18(19)26(36)40-29/h4-13H,14-15H2,1-3H3,(H,34,35). The van der Waals surface area contributed by atoms with E-state index in [2.05, 4.69) is 20.4 Å². The molecule has 0 fully saturated rings. The molecule has 6 rings (SSSR count). The second kappa shape index (κ2) is 9.30. The second-order valence-corrected chi connectivity index (χ2v) is 10.4. The number of carboxylic acids is 1. The van der Waals surface area contributed by atoms with Gasteiger partial charge >= 0.3 is 11.9 Å². The number of hydrogen-bond donors (Lipinski definition) is 1. The second-order valence-electron chi connectivity index (χ2n) is 10.4. The topological polar surface area (TPSA) is 143 Å². The lowest BCUT2D eigenvalue weighted by Crippen LogP contribution is -2.33. The van der Waals surface area contributed by atoms with E-state index in [-0.39, 0.29) is 12.0 Å². The third kappa shape index (κ3) is 4.25. The smallest absolute Gasteiger partial charge is 0.341 e. The van der Waals surface area contributed by atoms with Gasteiger partial charge in [0, 0.05) is 34.2 Å². The molecule has 0 saturated heterocycles. The van der Waals surface area contributed by atoms with Gasteiger partial charge in [-0.25, -0.2) is 9.59 Å². The van der Waals surface area contributed by atoms with Crippen LogP contribution in [0.15, 0.2) is 60.7 Å². The summed E-state index contributed by atoms with van der Waals surface area (Å²) in [6.07, 6.45) is 0. The number of rotatable bonds is 6. The van der Waals surface area contributed by atoms with Crippen molar-refractivity contribution in [1.29, 1.82) is 0 Å². The molecule has 1 aromatic heterocycles. The number of carbonyl (C=O) groups is 2. The Bertz CT molecular complexity index is 1650. The fraction of sp³-hybridized carbons (Fsp3) is 0.241. The molecule has 202 valence electrons. The Morgan fingerprint density at radius 2 is 1.50 bits per heavy atom. The van der Waals surface area contributed by atoms with Gasteiger partial charge in [-0.15, -0.1) is 20.4 Å². The Balaban J connectivity index is 1.37. The van der Waals surface area contributed by atoms with Crippen LogP contribution in [-0.2, 0) is 27.2 Å². The molecule has 2 aliphatic rings. The van der Waals surface area contributed by atoms with E-state index < -0.39 is 24.1 Å². The van der Waals surface area contributed by atoms with Gasteiger partial charge < -0.3 is 24.1 Å². The first kappa shape index (κ1) is 25.2. The molecule has 1 N–H and O–H groups in total. The third-order valence-electron chi connectivity index (χ3n) is 6.58. The summed E-state index contributed by atoms with van der Waals surface area (Å²) in [5, 5.41) is 25.5. The number of fused-ring (bicyclic) bond motifs is 6. The van der Waals surface area contributed by atoms with Crippen molar-refractivity contribution in [3.05, 3.63) is 94.6 Å². The minimum atomic E-state index is -1.28. The van der Waals surface area contributed by atoms with Crippen molar-refractivity contribution in [1.82, 2.24) is 20.4 Å². The maximum atomic E-state index is 13.0. The molecule has 11 heteroatoms. The van der Waals surface area contributed by atoms with Gasteiger partial charge in [-0.1, -0.05) is 39.0 Å². The van der Waals surface area contributed by atoms with Crippen LogP contribution in [0.25, 0.3) is 0 Å². The number of aliphatic carboxylic acids is 1. The first-order valence-corrected chi connectivity index (χ1v) is 12.5. The van der Waals surface area contributed by atoms with Gasteiger partial charge in [0.1, 0.15) is 23.0 Å². The zero-order valence-electron chi connectivity index (χ0n) is 21.9. The molecule has 3 aromatic carbocycles. The van der Waals surface area contributed by atoms with Crippen LogP contribution in [0.2, 0.25) is 0 Å². The van der Waals surface area contributed by atoms with Crippen molar-refractivity contribution in [2.45, 2.75) is 38.4 Å². The van der Waals surface area contributed by atoms with Crippen LogP contribution in [0.1, 0.15) is 59.5 Å². The molecule has 0 amide bonds. The molecule has 0 bridgehead atoms. The molecule has 2 aliphatic heterocycles. The number of benzene rings is 3. The highest BCUT2D eigenvalue weighted by Gasteiger charge is 2.53. The van der Waals surface area contributed by atoms with E-state index in [1.165, 1.54) is 0 Å². The SMILES string of the molecule is CC(C)(C)c1nnc(COc2ccc3c(c2)Oc2cc(OCC(=O)O)ccc2C32OC(=O)c3ccccc32)nn1. The molecule has 4 aromatic rings.